The van der Waals surface area contributed by atoms with E-state index >= 15 is 0 Å². The van der Waals surface area contributed by atoms with Gasteiger partial charge in [0, 0.05) is 5.56 Å². The molecule has 5 nitrogen and oxygen atoms in total. The normalized spacial score (nSPS) is 11.9. The molecule has 0 aromatic heterocycles. The lowest BCUT2D eigenvalue weighted by Gasteiger charge is -2.20. The van der Waals surface area contributed by atoms with Crippen LogP contribution in [0.3, 0.4) is 0 Å². The molecule has 40 heavy (non-hydrogen) atoms. The van der Waals surface area contributed by atoms with Crippen LogP contribution in [-0.4, -0.2) is 23.7 Å². The molecular weight excluding hydrogens is 505 g/mol. The summed E-state index contributed by atoms with van der Waals surface area (Å²) in [5.41, 5.74) is 4.48. The van der Waals surface area contributed by atoms with Crippen molar-refractivity contribution < 1.29 is 23.5 Å². The van der Waals surface area contributed by atoms with Gasteiger partial charge in [-0.15, -0.1) is 0 Å². The van der Waals surface area contributed by atoms with E-state index in [2.05, 4.69) is 26.1 Å². The van der Waals surface area contributed by atoms with E-state index in [4.69, 9.17) is 4.74 Å². The fourth-order valence-electron chi connectivity index (χ4n) is 4.20. The van der Waals surface area contributed by atoms with Crippen LogP contribution in [0.4, 0.5) is 4.39 Å². The Morgan fingerprint density at radius 2 is 1.27 bits per heavy atom. The largest absolute Gasteiger partial charge is 0.423 e. The van der Waals surface area contributed by atoms with E-state index in [0.717, 1.165) is 22.3 Å². The van der Waals surface area contributed by atoms with Crippen molar-refractivity contribution in [2.75, 3.05) is 0 Å². The standard InChI is InChI=1S/C34H32FNO4/c1-22(37)31(36-32(38)26-11-15-28(16-12-26)34(2,3)4)21-23-5-19-30(20-6-23)40-33(39)27-9-7-24(8-10-27)25-13-17-29(35)18-14-25/h5-20,31H,21H2,1-4H3,(H,36,38)/t31-/m0/s1. The van der Waals surface area contributed by atoms with Gasteiger partial charge in [-0.3, -0.25) is 9.59 Å². The van der Waals surface area contributed by atoms with Gasteiger partial charge in [-0.25, -0.2) is 9.18 Å². The second kappa shape index (κ2) is 12.1. The van der Waals surface area contributed by atoms with Gasteiger partial charge in [0.1, 0.15) is 11.6 Å². The minimum absolute atomic E-state index is 0.0206. The molecule has 4 aromatic rings. The summed E-state index contributed by atoms with van der Waals surface area (Å²) >= 11 is 0. The fourth-order valence-corrected chi connectivity index (χ4v) is 4.20. The summed E-state index contributed by atoms with van der Waals surface area (Å²) in [6, 6.07) is 26.6. The van der Waals surface area contributed by atoms with Crippen LogP contribution in [0.2, 0.25) is 0 Å². The molecule has 0 bridgehead atoms. The van der Waals surface area contributed by atoms with Crippen molar-refractivity contribution in [1.82, 2.24) is 5.32 Å². The fraction of sp³-hybridized carbons (Fsp3) is 0.206. The number of halogens is 1. The summed E-state index contributed by atoms with van der Waals surface area (Å²) in [7, 11) is 0. The molecule has 0 saturated carbocycles. The Morgan fingerprint density at radius 3 is 1.80 bits per heavy atom. The molecular formula is C34H32FNO4. The Balaban J connectivity index is 1.35. The lowest BCUT2D eigenvalue weighted by atomic mass is 9.86. The second-order valence-electron chi connectivity index (χ2n) is 10.8. The van der Waals surface area contributed by atoms with Crippen molar-refractivity contribution in [1.29, 1.82) is 0 Å². The van der Waals surface area contributed by atoms with Gasteiger partial charge in [0.05, 0.1) is 11.6 Å². The molecule has 0 heterocycles. The number of ketones is 1. The van der Waals surface area contributed by atoms with Crippen molar-refractivity contribution in [3.05, 3.63) is 125 Å². The van der Waals surface area contributed by atoms with Crippen LogP contribution >= 0.6 is 0 Å². The summed E-state index contributed by atoms with van der Waals surface area (Å²) in [5.74, 6) is -0.919. The van der Waals surface area contributed by atoms with Gasteiger partial charge < -0.3 is 10.1 Å². The Kier molecular flexibility index (Phi) is 8.58. The highest BCUT2D eigenvalue weighted by atomic mass is 19.1. The molecule has 0 aliphatic heterocycles. The highest BCUT2D eigenvalue weighted by molar-refractivity contribution is 5.97. The molecule has 0 spiro atoms. The number of rotatable bonds is 8. The maximum absolute atomic E-state index is 13.2. The predicted octanol–water partition coefficient (Wildman–Crippen LogP) is 6.94. The number of amides is 1. The summed E-state index contributed by atoms with van der Waals surface area (Å²) in [6.45, 7) is 7.77. The van der Waals surface area contributed by atoms with Crippen LogP contribution in [0.15, 0.2) is 97.1 Å². The molecule has 1 atom stereocenters. The van der Waals surface area contributed by atoms with E-state index < -0.39 is 12.0 Å². The molecule has 0 saturated heterocycles. The van der Waals surface area contributed by atoms with Crippen LogP contribution in [0.25, 0.3) is 11.1 Å². The van der Waals surface area contributed by atoms with Crippen molar-refractivity contribution in [2.45, 2.75) is 45.6 Å². The molecule has 0 fully saturated rings. The minimum Gasteiger partial charge on any atom is -0.423 e. The highest BCUT2D eigenvalue weighted by Crippen LogP contribution is 2.23. The highest BCUT2D eigenvalue weighted by Gasteiger charge is 2.20. The maximum atomic E-state index is 13.2. The Hall–Kier alpha value is -4.58. The van der Waals surface area contributed by atoms with E-state index in [1.54, 1.807) is 72.8 Å². The van der Waals surface area contributed by atoms with Crippen LogP contribution in [0.5, 0.6) is 5.75 Å². The number of hydrogen-bond acceptors (Lipinski definition) is 4. The number of benzene rings is 4. The van der Waals surface area contributed by atoms with E-state index in [1.807, 2.05) is 12.1 Å². The quantitative estimate of drug-likeness (QED) is 0.195. The van der Waals surface area contributed by atoms with Crippen molar-refractivity contribution in [3.8, 4) is 16.9 Å². The Labute approximate surface area is 234 Å². The first-order valence-corrected chi connectivity index (χ1v) is 13.1. The van der Waals surface area contributed by atoms with Crippen LogP contribution in [0.1, 0.15) is 59.5 Å². The van der Waals surface area contributed by atoms with E-state index in [0.29, 0.717) is 23.3 Å². The summed E-state index contributed by atoms with van der Waals surface area (Å²) in [4.78, 5) is 37.7. The number of carbonyl (C=O) groups is 3. The van der Waals surface area contributed by atoms with Crippen LogP contribution < -0.4 is 10.1 Å². The summed E-state index contributed by atoms with van der Waals surface area (Å²) in [5, 5.41) is 2.83. The number of nitrogens with one attached hydrogen (secondary N) is 1. The van der Waals surface area contributed by atoms with Crippen molar-refractivity contribution in [2.24, 2.45) is 0 Å². The molecule has 0 radical (unpaired) electrons. The third-order valence-electron chi connectivity index (χ3n) is 6.68. The minimum atomic E-state index is -0.692. The topological polar surface area (TPSA) is 72.5 Å². The number of Topliss-reactive ketones (excluding diaryl/α,β-unsaturated/α-hetero) is 1. The average Bonchev–Trinajstić information content (AvgIpc) is 2.93. The molecule has 204 valence electrons. The Bertz CT molecular complexity index is 1480. The van der Waals surface area contributed by atoms with E-state index in [-0.39, 0.29) is 22.9 Å². The predicted molar refractivity (Wildman–Crippen MR) is 154 cm³/mol. The summed E-state index contributed by atoms with van der Waals surface area (Å²) < 4.78 is 18.7. The second-order valence-corrected chi connectivity index (χ2v) is 10.8. The van der Waals surface area contributed by atoms with E-state index in [9.17, 15) is 18.8 Å². The van der Waals surface area contributed by atoms with E-state index in [1.165, 1.54) is 19.1 Å². The molecule has 6 heteroatoms. The SMILES string of the molecule is CC(=O)[C@H](Cc1ccc(OC(=O)c2ccc(-c3ccc(F)cc3)cc2)cc1)NC(=O)c1ccc(C(C)(C)C)cc1. The van der Waals surface area contributed by atoms with Gasteiger partial charge in [0.15, 0.2) is 5.78 Å². The van der Waals surface area contributed by atoms with Crippen molar-refractivity contribution >= 4 is 17.7 Å². The molecule has 0 aliphatic carbocycles. The number of carbonyl (C=O) groups excluding carboxylic acids is 3. The monoisotopic (exact) mass is 537 g/mol. The van der Waals surface area contributed by atoms with Crippen molar-refractivity contribution in [3.63, 3.8) is 0 Å². The van der Waals surface area contributed by atoms with Gasteiger partial charge in [-0.1, -0.05) is 69.3 Å². The van der Waals surface area contributed by atoms with Crippen LogP contribution in [-0.2, 0) is 16.6 Å². The van der Waals surface area contributed by atoms with Gasteiger partial charge >= 0.3 is 5.97 Å². The maximum Gasteiger partial charge on any atom is 0.343 e. The molecule has 1 amide bonds. The van der Waals surface area contributed by atoms with Gasteiger partial charge in [0.25, 0.3) is 5.91 Å². The number of hydrogen-bond donors (Lipinski definition) is 1. The summed E-state index contributed by atoms with van der Waals surface area (Å²) in [6.07, 6.45) is 0.306. The van der Waals surface area contributed by atoms with Gasteiger partial charge in [0.2, 0.25) is 0 Å². The molecule has 0 unspecified atom stereocenters. The molecule has 1 N–H and O–H groups in total. The number of esters is 1. The van der Waals surface area contributed by atoms with Crippen LogP contribution in [0, 0.1) is 5.82 Å². The lowest BCUT2D eigenvalue weighted by molar-refractivity contribution is -0.118. The first-order chi connectivity index (χ1) is 19.0. The zero-order valence-electron chi connectivity index (χ0n) is 23.0. The first kappa shape index (κ1) is 28.4. The van der Waals surface area contributed by atoms with Gasteiger partial charge in [-0.2, -0.15) is 0 Å². The molecule has 4 rings (SSSR count). The average molecular weight is 538 g/mol. The molecule has 4 aromatic carbocycles. The lowest BCUT2D eigenvalue weighted by Crippen LogP contribution is -2.41. The zero-order valence-corrected chi connectivity index (χ0v) is 23.0. The third-order valence-corrected chi connectivity index (χ3v) is 6.68. The number of ether oxygens (including phenoxy) is 1. The zero-order chi connectivity index (χ0) is 28.9. The molecule has 0 aliphatic rings. The van der Waals surface area contributed by atoms with Gasteiger partial charge in [-0.05, 0) is 89.5 Å². The third kappa shape index (κ3) is 7.29. The first-order valence-electron chi connectivity index (χ1n) is 13.1. The Morgan fingerprint density at radius 1 is 0.750 bits per heavy atom. The smallest absolute Gasteiger partial charge is 0.343 e.